The highest BCUT2D eigenvalue weighted by molar-refractivity contribution is 6.67. The van der Waals surface area contributed by atoms with Gasteiger partial charge in [0.2, 0.25) is 0 Å². The summed E-state index contributed by atoms with van der Waals surface area (Å²) in [4.78, 5) is 0. The fourth-order valence-corrected chi connectivity index (χ4v) is 9.45. The zero-order chi connectivity index (χ0) is 21.3. The summed E-state index contributed by atoms with van der Waals surface area (Å²) in [7, 11) is 4.39. The van der Waals surface area contributed by atoms with Gasteiger partial charge in [0.1, 0.15) is 0 Å². The first-order valence-electron chi connectivity index (χ1n) is 10.8. The van der Waals surface area contributed by atoms with Crippen molar-refractivity contribution in [2.24, 2.45) is 0 Å². The van der Waals surface area contributed by atoms with Gasteiger partial charge in [-0.15, -0.1) is 0 Å². The Bertz CT molecular complexity index is 335. The second kappa shape index (κ2) is 16.9. The predicted octanol–water partition coefficient (Wildman–Crippen LogP) is 5.42. The molecule has 0 amide bonds. The largest absolute Gasteiger partial charge is 0.503 e. The molecule has 0 radical (unpaired) electrons. The highest BCUT2D eigenvalue weighted by Crippen LogP contribution is 2.37. The first-order valence-corrected chi connectivity index (χ1v) is 14.6. The van der Waals surface area contributed by atoms with Crippen LogP contribution in [0.3, 0.4) is 0 Å². The summed E-state index contributed by atoms with van der Waals surface area (Å²) in [5, 5.41) is 0. The van der Waals surface area contributed by atoms with Crippen molar-refractivity contribution in [1.29, 1.82) is 0 Å². The molecule has 170 valence electrons. The minimum Gasteiger partial charge on any atom is -0.377 e. The third-order valence-electron chi connectivity index (χ3n) is 5.69. The molecule has 0 aromatic rings. The molecule has 0 bridgehead atoms. The van der Waals surface area contributed by atoms with Crippen molar-refractivity contribution in [3.63, 3.8) is 0 Å². The quantitative estimate of drug-likeness (QED) is 0.187. The van der Waals surface area contributed by atoms with Gasteiger partial charge >= 0.3 is 17.6 Å². The van der Waals surface area contributed by atoms with Crippen molar-refractivity contribution in [1.82, 2.24) is 0 Å². The van der Waals surface area contributed by atoms with Crippen LogP contribution in [0.15, 0.2) is 0 Å². The van der Waals surface area contributed by atoms with Gasteiger partial charge in [0.25, 0.3) is 0 Å². The second-order valence-corrected chi connectivity index (χ2v) is 13.6. The van der Waals surface area contributed by atoms with Crippen LogP contribution in [0.5, 0.6) is 0 Å². The standard InChI is InChI=1S/C20H46O6Si2/c1-8-9-10-11-12-13-14-15-16-17-18-20(28(24-5,25-6)26-7)19-27(21-2,22-3)23-4/h20H,8-19H2,1-7H3. The molecule has 1 atom stereocenters. The van der Waals surface area contributed by atoms with Crippen LogP contribution < -0.4 is 0 Å². The predicted molar refractivity (Wildman–Crippen MR) is 119 cm³/mol. The molecule has 0 spiro atoms. The summed E-state index contributed by atoms with van der Waals surface area (Å²) in [6.07, 6.45) is 14.1. The van der Waals surface area contributed by atoms with Gasteiger partial charge in [-0.25, -0.2) is 0 Å². The molecular weight excluding hydrogens is 392 g/mol. The van der Waals surface area contributed by atoms with Crippen molar-refractivity contribution in [3.8, 4) is 0 Å². The van der Waals surface area contributed by atoms with E-state index in [9.17, 15) is 0 Å². The molecule has 0 fully saturated rings. The Morgan fingerprint density at radius 1 is 0.536 bits per heavy atom. The molecule has 0 rings (SSSR count). The van der Waals surface area contributed by atoms with Crippen LogP contribution in [0.2, 0.25) is 11.6 Å². The smallest absolute Gasteiger partial charge is 0.377 e. The molecule has 1 unspecified atom stereocenters. The van der Waals surface area contributed by atoms with Gasteiger partial charge in [-0.1, -0.05) is 71.1 Å². The maximum absolute atomic E-state index is 5.77. The lowest BCUT2D eigenvalue weighted by atomic mass is 10.1. The van der Waals surface area contributed by atoms with Crippen molar-refractivity contribution in [2.75, 3.05) is 42.7 Å². The van der Waals surface area contributed by atoms with Crippen LogP contribution in [0, 0.1) is 0 Å². The van der Waals surface area contributed by atoms with Crippen LogP contribution in [0.1, 0.15) is 77.6 Å². The Kier molecular flexibility index (Phi) is 17.1. The van der Waals surface area contributed by atoms with Crippen LogP contribution >= 0.6 is 0 Å². The van der Waals surface area contributed by atoms with E-state index in [-0.39, 0.29) is 5.54 Å². The third-order valence-corrected chi connectivity index (χ3v) is 12.2. The van der Waals surface area contributed by atoms with E-state index in [4.69, 9.17) is 26.6 Å². The molecule has 0 aromatic heterocycles. The molecule has 6 nitrogen and oxygen atoms in total. The minimum atomic E-state index is -2.80. The first kappa shape index (κ1) is 28.2. The molecule has 0 aliphatic heterocycles. The lowest BCUT2D eigenvalue weighted by molar-refractivity contribution is 0.0957. The zero-order valence-corrected chi connectivity index (χ0v) is 21.5. The summed E-state index contributed by atoms with van der Waals surface area (Å²) in [5.41, 5.74) is 0.0908. The van der Waals surface area contributed by atoms with E-state index >= 15 is 0 Å². The van der Waals surface area contributed by atoms with Crippen LogP contribution in [0.25, 0.3) is 0 Å². The SMILES string of the molecule is CCCCCCCCCCCCC(C[Si](OC)(OC)OC)[Si](OC)(OC)OC. The van der Waals surface area contributed by atoms with Gasteiger partial charge in [0.15, 0.2) is 0 Å². The average molecular weight is 439 g/mol. The van der Waals surface area contributed by atoms with Crippen molar-refractivity contribution < 1.29 is 26.6 Å². The Morgan fingerprint density at radius 3 is 1.29 bits per heavy atom. The lowest BCUT2D eigenvalue weighted by Crippen LogP contribution is -2.53. The van der Waals surface area contributed by atoms with Crippen molar-refractivity contribution in [3.05, 3.63) is 0 Å². The molecule has 0 aliphatic rings. The summed E-state index contributed by atoms with van der Waals surface area (Å²) in [6, 6.07) is 0.635. The monoisotopic (exact) mass is 438 g/mol. The Labute approximate surface area is 176 Å². The van der Waals surface area contributed by atoms with E-state index in [1.807, 2.05) is 0 Å². The van der Waals surface area contributed by atoms with E-state index < -0.39 is 17.6 Å². The van der Waals surface area contributed by atoms with Crippen LogP contribution in [-0.2, 0) is 26.6 Å². The molecule has 0 aromatic carbocycles. The Hall–Kier alpha value is 0.194. The summed E-state index contributed by atoms with van der Waals surface area (Å²) in [5.74, 6) is 0. The van der Waals surface area contributed by atoms with Crippen LogP contribution in [-0.4, -0.2) is 60.3 Å². The molecule has 0 heterocycles. The highest BCUT2D eigenvalue weighted by atomic mass is 28.4. The Morgan fingerprint density at radius 2 is 0.929 bits per heavy atom. The molecular formula is C20H46O6Si2. The summed E-state index contributed by atoms with van der Waals surface area (Å²) < 4.78 is 34.2. The molecule has 28 heavy (non-hydrogen) atoms. The maximum atomic E-state index is 5.77. The van der Waals surface area contributed by atoms with E-state index in [0.29, 0.717) is 6.04 Å². The van der Waals surface area contributed by atoms with E-state index in [2.05, 4.69) is 6.92 Å². The fraction of sp³-hybridized carbons (Fsp3) is 1.00. The highest BCUT2D eigenvalue weighted by Gasteiger charge is 2.53. The number of rotatable bonds is 20. The van der Waals surface area contributed by atoms with Crippen LogP contribution in [0.4, 0.5) is 0 Å². The van der Waals surface area contributed by atoms with Crippen molar-refractivity contribution in [2.45, 2.75) is 89.1 Å². The second-order valence-electron chi connectivity index (χ2n) is 7.38. The summed E-state index contributed by atoms with van der Waals surface area (Å²) in [6.45, 7) is 2.26. The van der Waals surface area contributed by atoms with Gasteiger partial charge in [-0.05, 0) is 6.42 Å². The number of unbranched alkanes of at least 4 members (excludes halogenated alkanes) is 9. The number of hydrogen-bond acceptors (Lipinski definition) is 6. The molecule has 8 heteroatoms. The molecule has 0 saturated carbocycles. The summed E-state index contributed by atoms with van der Waals surface area (Å²) >= 11 is 0. The van der Waals surface area contributed by atoms with Gasteiger partial charge in [0, 0.05) is 54.2 Å². The van der Waals surface area contributed by atoms with E-state index in [1.165, 1.54) is 57.8 Å². The molecule has 0 aliphatic carbocycles. The first-order chi connectivity index (χ1) is 13.5. The van der Waals surface area contributed by atoms with Crippen molar-refractivity contribution >= 4 is 17.6 Å². The topological polar surface area (TPSA) is 55.4 Å². The van der Waals surface area contributed by atoms with E-state index in [1.54, 1.807) is 42.7 Å². The van der Waals surface area contributed by atoms with Gasteiger partial charge < -0.3 is 26.6 Å². The van der Waals surface area contributed by atoms with E-state index in [0.717, 1.165) is 12.8 Å². The number of hydrogen-bond donors (Lipinski definition) is 0. The third kappa shape index (κ3) is 9.80. The maximum Gasteiger partial charge on any atom is 0.503 e. The molecule has 0 N–H and O–H groups in total. The van der Waals surface area contributed by atoms with Gasteiger partial charge in [0.05, 0.1) is 0 Å². The fourth-order valence-electron chi connectivity index (χ4n) is 3.83. The Balaban J connectivity index is 4.55. The normalized spacial score (nSPS) is 13.8. The van der Waals surface area contributed by atoms with Gasteiger partial charge in [-0.3, -0.25) is 0 Å². The molecule has 0 saturated heterocycles. The van der Waals surface area contributed by atoms with Gasteiger partial charge in [-0.2, -0.15) is 0 Å². The zero-order valence-electron chi connectivity index (χ0n) is 19.5. The lowest BCUT2D eigenvalue weighted by Gasteiger charge is -2.36. The minimum absolute atomic E-state index is 0.0908. The average Bonchev–Trinajstić information content (AvgIpc) is 2.74.